The summed E-state index contributed by atoms with van der Waals surface area (Å²) in [5.74, 6) is -0.581. The van der Waals surface area contributed by atoms with Crippen molar-refractivity contribution in [3.05, 3.63) is 32.5 Å². The summed E-state index contributed by atoms with van der Waals surface area (Å²) >= 11 is 2.91. The summed E-state index contributed by atoms with van der Waals surface area (Å²) in [6.07, 6.45) is 0.391. The third-order valence-corrected chi connectivity index (χ3v) is 3.05. The van der Waals surface area contributed by atoms with Gasteiger partial charge in [-0.3, -0.25) is 10.1 Å². The van der Waals surface area contributed by atoms with Crippen molar-refractivity contribution in [2.75, 3.05) is 11.9 Å². The summed E-state index contributed by atoms with van der Waals surface area (Å²) in [4.78, 5) is 10.3. The zero-order valence-electron chi connectivity index (χ0n) is 10.0. The predicted molar refractivity (Wildman–Crippen MR) is 70.2 cm³/mol. The monoisotopic (exact) mass is 320 g/mol. The van der Waals surface area contributed by atoms with E-state index in [1.54, 1.807) is 13.8 Å². The first kappa shape index (κ1) is 14.8. The Kier molecular flexibility index (Phi) is 4.64. The average Bonchev–Trinajstić information content (AvgIpc) is 2.22. The molecule has 1 rings (SSSR count). The number of anilines is 1. The van der Waals surface area contributed by atoms with Crippen LogP contribution in [0.3, 0.4) is 0 Å². The molecule has 0 aliphatic rings. The summed E-state index contributed by atoms with van der Waals surface area (Å²) in [6.45, 7) is 3.48. The number of hydrogen-bond acceptors (Lipinski definition) is 4. The van der Waals surface area contributed by atoms with E-state index in [9.17, 15) is 14.5 Å². The molecule has 0 heterocycles. The maximum absolute atomic E-state index is 13.4. The highest BCUT2D eigenvalue weighted by molar-refractivity contribution is 9.10. The van der Waals surface area contributed by atoms with E-state index in [0.29, 0.717) is 6.42 Å². The molecule has 18 heavy (non-hydrogen) atoms. The van der Waals surface area contributed by atoms with E-state index >= 15 is 0 Å². The van der Waals surface area contributed by atoms with Gasteiger partial charge in [-0.15, -0.1) is 0 Å². The van der Waals surface area contributed by atoms with Crippen molar-refractivity contribution >= 4 is 27.3 Å². The Morgan fingerprint density at radius 1 is 1.56 bits per heavy atom. The number of nitrogens with zero attached hydrogens (tertiary/aromatic N) is 1. The second-order valence-corrected chi connectivity index (χ2v) is 5.38. The van der Waals surface area contributed by atoms with Gasteiger partial charge in [0.05, 0.1) is 9.40 Å². The molecule has 0 aromatic heterocycles. The fraction of sp³-hybridized carbons (Fsp3) is 0.455. The van der Waals surface area contributed by atoms with Crippen molar-refractivity contribution in [3.63, 3.8) is 0 Å². The Balaban J connectivity index is 3.15. The third-order valence-electron chi connectivity index (χ3n) is 2.45. The van der Waals surface area contributed by atoms with E-state index in [2.05, 4.69) is 21.2 Å². The molecule has 2 N–H and O–H groups in total. The van der Waals surface area contributed by atoms with Crippen LogP contribution in [0.5, 0.6) is 0 Å². The molecule has 0 atom stereocenters. The van der Waals surface area contributed by atoms with Gasteiger partial charge in [-0.1, -0.05) is 0 Å². The lowest BCUT2D eigenvalue weighted by molar-refractivity contribution is -0.384. The molecule has 0 spiro atoms. The fourth-order valence-corrected chi connectivity index (χ4v) is 1.83. The van der Waals surface area contributed by atoms with Crippen molar-refractivity contribution in [1.82, 2.24) is 0 Å². The van der Waals surface area contributed by atoms with Crippen LogP contribution in [0.15, 0.2) is 16.6 Å². The van der Waals surface area contributed by atoms with Crippen molar-refractivity contribution < 1.29 is 14.4 Å². The van der Waals surface area contributed by atoms with Crippen LogP contribution in [0.25, 0.3) is 0 Å². The molecule has 5 nitrogen and oxygen atoms in total. The molecule has 0 fully saturated rings. The second kappa shape index (κ2) is 5.62. The van der Waals surface area contributed by atoms with Gasteiger partial charge in [0.2, 0.25) is 0 Å². The van der Waals surface area contributed by atoms with Crippen LogP contribution in [0.2, 0.25) is 0 Å². The van der Waals surface area contributed by atoms with E-state index in [0.717, 1.165) is 12.1 Å². The molecule has 0 saturated carbocycles. The second-order valence-electron chi connectivity index (χ2n) is 4.52. The molecule has 0 aliphatic heterocycles. The number of nitro benzene ring substituents is 1. The zero-order valence-corrected chi connectivity index (χ0v) is 11.6. The number of nitro groups is 1. The highest BCUT2D eigenvalue weighted by atomic mass is 79.9. The molecule has 100 valence electrons. The number of rotatable bonds is 5. The van der Waals surface area contributed by atoms with Crippen LogP contribution < -0.4 is 5.32 Å². The predicted octanol–water partition coefficient (Wildman–Crippen LogP) is 3.07. The van der Waals surface area contributed by atoms with Gasteiger partial charge in [-0.05, 0) is 36.2 Å². The third kappa shape index (κ3) is 3.64. The molecule has 0 amide bonds. The molecule has 1 aromatic carbocycles. The minimum Gasteiger partial charge on any atom is -0.396 e. The molecule has 0 aliphatic carbocycles. The Morgan fingerprint density at radius 3 is 2.67 bits per heavy atom. The van der Waals surface area contributed by atoms with Gasteiger partial charge in [-0.2, -0.15) is 0 Å². The topological polar surface area (TPSA) is 75.4 Å². The van der Waals surface area contributed by atoms with E-state index in [-0.39, 0.29) is 22.5 Å². The van der Waals surface area contributed by atoms with E-state index in [1.165, 1.54) is 0 Å². The van der Waals surface area contributed by atoms with Gasteiger partial charge in [0.1, 0.15) is 11.5 Å². The summed E-state index contributed by atoms with van der Waals surface area (Å²) in [5, 5.41) is 22.7. The van der Waals surface area contributed by atoms with Crippen LogP contribution in [-0.2, 0) is 0 Å². The lowest BCUT2D eigenvalue weighted by Crippen LogP contribution is -2.32. The van der Waals surface area contributed by atoms with E-state index in [1.807, 2.05) is 0 Å². The van der Waals surface area contributed by atoms with Crippen LogP contribution in [0, 0.1) is 15.9 Å². The highest BCUT2D eigenvalue weighted by Gasteiger charge is 2.23. The summed E-state index contributed by atoms with van der Waals surface area (Å²) < 4.78 is 13.5. The van der Waals surface area contributed by atoms with Crippen molar-refractivity contribution in [1.29, 1.82) is 0 Å². The molecule has 7 heteroatoms. The quantitative estimate of drug-likeness (QED) is 0.645. The Labute approximate surface area is 112 Å². The standard InChI is InChI=1S/C11H14BrFN2O3/c1-11(2,3-4-16)14-9-6-8(13)7(12)5-10(9)15(17)18/h5-6,14,16H,3-4H2,1-2H3. The SMILES string of the molecule is CC(C)(CCO)Nc1cc(F)c(Br)cc1[N+](=O)[O-]. The van der Waals surface area contributed by atoms with Crippen molar-refractivity contribution in [2.45, 2.75) is 25.8 Å². The first-order chi connectivity index (χ1) is 8.26. The minimum absolute atomic E-state index is 0.0414. The first-order valence-corrected chi connectivity index (χ1v) is 6.08. The minimum atomic E-state index is -0.582. The summed E-state index contributed by atoms with van der Waals surface area (Å²) in [6, 6.07) is 2.19. The maximum Gasteiger partial charge on any atom is 0.293 e. The van der Waals surface area contributed by atoms with Gasteiger partial charge in [-0.25, -0.2) is 4.39 Å². The maximum atomic E-state index is 13.4. The van der Waals surface area contributed by atoms with Crippen LogP contribution in [-0.4, -0.2) is 22.2 Å². The van der Waals surface area contributed by atoms with Crippen LogP contribution in [0.4, 0.5) is 15.8 Å². The highest BCUT2D eigenvalue weighted by Crippen LogP contribution is 2.32. The molecule has 0 unspecified atom stereocenters. The lowest BCUT2D eigenvalue weighted by Gasteiger charge is -2.26. The Bertz CT molecular complexity index is 466. The van der Waals surface area contributed by atoms with Gasteiger partial charge in [0, 0.05) is 24.3 Å². The number of benzene rings is 1. The van der Waals surface area contributed by atoms with Crippen molar-refractivity contribution in [2.24, 2.45) is 0 Å². The number of nitrogens with one attached hydrogen (secondary N) is 1. The molecular weight excluding hydrogens is 307 g/mol. The van der Waals surface area contributed by atoms with Gasteiger partial charge in [0.15, 0.2) is 0 Å². The van der Waals surface area contributed by atoms with E-state index < -0.39 is 16.3 Å². The number of halogens is 2. The summed E-state index contributed by atoms with van der Waals surface area (Å²) in [5.41, 5.74) is -0.687. The number of aliphatic hydroxyl groups is 1. The number of aliphatic hydroxyl groups excluding tert-OH is 1. The Hall–Kier alpha value is -1.21. The van der Waals surface area contributed by atoms with E-state index in [4.69, 9.17) is 5.11 Å². The van der Waals surface area contributed by atoms with Crippen LogP contribution in [0.1, 0.15) is 20.3 Å². The zero-order chi connectivity index (χ0) is 13.9. The Morgan fingerprint density at radius 2 is 2.17 bits per heavy atom. The van der Waals surface area contributed by atoms with Gasteiger partial charge >= 0.3 is 0 Å². The molecule has 1 aromatic rings. The fourth-order valence-electron chi connectivity index (χ4n) is 1.49. The normalized spacial score (nSPS) is 11.4. The summed E-state index contributed by atoms with van der Waals surface area (Å²) in [7, 11) is 0. The molecular formula is C11H14BrFN2O3. The molecule has 0 saturated heterocycles. The van der Waals surface area contributed by atoms with Gasteiger partial charge in [0.25, 0.3) is 5.69 Å². The van der Waals surface area contributed by atoms with Crippen LogP contribution >= 0.6 is 15.9 Å². The largest absolute Gasteiger partial charge is 0.396 e. The average molecular weight is 321 g/mol. The smallest absolute Gasteiger partial charge is 0.293 e. The van der Waals surface area contributed by atoms with Gasteiger partial charge < -0.3 is 10.4 Å². The first-order valence-electron chi connectivity index (χ1n) is 5.29. The molecule has 0 bridgehead atoms. The lowest BCUT2D eigenvalue weighted by atomic mass is 10.0. The molecule has 0 radical (unpaired) electrons. The van der Waals surface area contributed by atoms with Crippen molar-refractivity contribution in [3.8, 4) is 0 Å². The number of hydrogen-bond donors (Lipinski definition) is 2.